The van der Waals surface area contributed by atoms with Gasteiger partial charge in [0.15, 0.2) is 0 Å². The summed E-state index contributed by atoms with van der Waals surface area (Å²) in [7, 11) is 0. The fourth-order valence-electron chi connectivity index (χ4n) is 2.95. The van der Waals surface area contributed by atoms with Crippen molar-refractivity contribution in [2.75, 3.05) is 18.0 Å². The van der Waals surface area contributed by atoms with Crippen molar-refractivity contribution in [1.29, 1.82) is 0 Å². The Morgan fingerprint density at radius 2 is 1.92 bits per heavy atom. The van der Waals surface area contributed by atoms with Crippen LogP contribution < -0.4 is 15.0 Å². The number of benzene rings is 1. The molecule has 4 nitrogen and oxygen atoms in total. The molecule has 128 valence electrons. The van der Waals surface area contributed by atoms with E-state index in [1.807, 2.05) is 24.4 Å². The van der Waals surface area contributed by atoms with Crippen molar-refractivity contribution in [1.82, 2.24) is 10.3 Å². The summed E-state index contributed by atoms with van der Waals surface area (Å²) in [5, 5.41) is 3.57. The molecule has 0 spiro atoms. The Morgan fingerprint density at radius 3 is 2.54 bits per heavy atom. The number of ether oxygens (including phenoxy) is 1. The van der Waals surface area contributed by atoms with Gasteiger partial charge in [-0.25, -0.2) is 0 Å². The smallest absolute Gasteiger partial charge is 0.387 e. The first-order valence-corrected chi connectivity index (χ1v) is 8.13. The molecule has 2 aromatic rings. The normalized spacial score (nSPS) is 15.7. The van der Waals surface area contributed by atoms with E-state index in [0.717, 1.165) is 38.2 Å². The molecular formula is C18H21F2N3O. The number of anilines is 1. The Balaban J connectivity index is 1.46. The van der Waals surface area contributed by atoms with E-state index in [1.165, 1.54) is 5.56 Å². The van der Waals surface area contributed by atoms with E-state index in [9.17, 15) is 8.78 Å². The van der Waals surface area contributed by atoms with Gasteiger partial charge < -0.3 is 15.0 Å². The molecule has 1 saturated heterocycles. The predicted molar refractivity (Wildman–Crippen MR) is 89.4 cm³/mol. The molecule has 3 rings (SSSR count). The number of halogens is 2. The lowest BCUT2D eigenvalue weighted by Crippen LogP contribution is -2.42. The molecular weight excluding hydrogens is 312 g/mol. The number of rotatable bonds is 6. The molecule has 1 fully saturated rings. The van der Waals surface area contributed by atoms with Crippen LogP contribution in [0.4, 0.5) is 14.5 Å². The summed E-state index contributed by atoms with van der Waals surface area (Å²) >= 11 is 0. The number of hydrogen-bond donors (Lipinski definition) is 1. The third-order valence-corrected chi connectivity index (χ3v) is 4.24. The fourth-order valence-corrected chi connectivity index (χ4v) is 2.95. The maximum absolute atomic E-state index is 12.2. The lowest BCUT2D eigenvalue weighted by atomic mass is 10.0. The second kappa shape index (κ2) is 8.06. The van der Waals surface area contributed by atoms with Gasteiger partial charge in [-0.15, -0.1) is 0 Å². The average Bonchev–Trinajstić information content (AvgIpc) is 2.62. The third-order valence-electron chi connectivity index (χ3n) is 4.24. The molecule has 0 bridgehead atoms. The minimum atomic E-state index is -2.78. The van der Waals surface area contributed by atoms with Crippen LogP contribution in [-0.2, 0) is 6.54 Å². The molecule has 6 heteroatoms. The topological polar surface area (TPSA) is 37.4 Å². The summed E-state index contributed by atoms with van der Waals surface area (Å²) < 4.78 is 28.7. The summed E-state index contributed by atoms with van der Waals surface area (Å²) in [6.07, 6.45) is 5.76. The van der Waals surface area contributed by atoms with Gasteiger partial charge in [-0.2, -0.15) is 8.78 Å². The summed E-state index contributed by atoms with van der Waals surface area (Å²) in [6, 6.07) is 11.4. The predicted octanol–water partition coefficient (Wildman–Crippen LogP) is 3.44. The second-order valence-corrected chi connectivity index (χ2v) is 5.88. The Hall–Kier alpha value is -2.21. The Labute approximate surface area is 140 Å². The number of pyridine rings is 1. The number of hydrogen-bond acceptors (Lipinski definition) is 4. The molecule has 1 aliphatic rings. The average molecular weight is 333 g/mol. The van der Waals surface area contributed by atoms with E-state index < -0.39 is 6.61 Å². The zero-order valence-corrected chi connectivity index (χ0v) is 13.4. The van der Waals surface area contributed by atoms with Gasteiger partial charge in [-0.3, -0.25) is 4.98 Å². The lowest BCUT2D eigenvalue weighted by molar-refractivity contribution is -0.0498. The molecule has 0 saturated carbocycles. The maximum atomic E-state index is 12.2. The first-order valence-electron chi connectivity index (χ1n) is 8.13. The molecule has 1 N–H and O–H groups in total. The van der Waals surface area contributed by atoms with Crippen LogP contribution >= 0.6 is 0 Å². The van der Waals surface area contributed by atoms with Crippen molar-refractivity contribution in [2.45, 2.75) is 32.0 Å². The van der Waals surface area contributed by atoms with E-state index in [4.69, 9.17) is 0 Å². The van der Waals surface area contributed by atoms with E-state index in [-0.39, 0.29) is 5.75 Å². The second-order valence-electron chi connectivity index (χ2n) is 5.88. The van der Waals surface area contributed by atoms with Crippen molar-refractivity contribution in [3.05, 3.63) is 54.4 Å². The maximum Gasteiger partial charge on any atom is 0.387 e. The highest BCUT2D eigenvalue weighted by molar-refractivity contribution is 5.49. The number of aromatic nitrogens is 1. The van der Waals surface area contributed by atoms with Gasteiger partial charge in [-0.05, 0) is 48.7 Å². The number of nitrogens with zero attached hydrogens (tertiary/aromatic N) is 2. The van der Waals surface area contributed by atoms with Gasteiger partial charge in [0.1, 0.15) is 5.75 Å². The molecule has 0 aliphatic carbocycles. The van der Waals surface area contributed by atoms with Gasteiger partial charge in [0.05, 0.1) is 0 Å². The number of piperidine rings is 1. The van der Waals surface area contributed by atoms with Crippen LogP contribution in [0, 0.1) is 0 Å². The van der Waals surface area contributed by atoms with Crippen molar-refractivity contribution in [3.63, 3.8) is 0 Å². The van der Waals surface area contributed by atoms with Gasteiger partial charge >= 0.3 is 6.61 Å². The molecule has 1 aromatic carbocycles. The molecule has 1 aliphatic heterocycles. The summed E-state index contributed by atoms with van der Waals surface area (Å²) in [5.41, 5.74) is 2.23. The molecule has 0 atom stereocenters. The van der Waals surface area contributed by atoms with Crippen LogP contribution in [-0.4, -0.2) is 30.7 Å². The highest BCUT2D eigenvalue weighted by Crippen LogP contribution is 2.23. The van der Waals surface area contributed by atoms with E-state index in [0.29, 0.717) is 6.04 Å². The first-order chi connectivity index (χ1) is 11.7. The van der Waals surface area contributed by atoms with Crippen LogP contribution in [0.3, 0.4) is 0 Å². The molecule has 0 unspecified atom stereocenters. The van der Waals surface area contributed by atoms with Gasteiger partial charge in [0.25, 0.3) is 0 Å². The molecule has 24 heavy (non-hydrogen) atoms. The quantitative estimate of drug-likeness (QED) is 0.879. The Bertz CT molecular complexity index is 614. The highest BCUT2D eigenvalue weighted by atomic mass is 19.3. The van der Waals surface area contributed by atoms with Gasteiger partial charge in [0.2, 0.25) is 0 Å². The first kappa shape index (κ1) is 16.6. The van der Waals surface area contributed by atoms with Crippen molar-refractivity contribution < 1.29 is 13.5 Å². The monoisotopic (exact) mass is 333 g/mol. The SMILES string of the molecule is FC(F)Oc1ccc(N2CCC(NCc3cccnc3)CC2)cc1. The van der Waals surface area contributed by atoms with Crippen LogP contribution in [0.1, 0.15) is 18.4 Å². The molecule has 1 aromatic heterocycles. The summed E-state index contributed by atoms with van der Waals surface area (Å²) in [6.45, 7) is -0.0602. The third kappa shape index (κ3) is 4.64. The Morgan fingerprint density at radius 1 is 1.17 bits per heavy atom. The highest BCUT2D eigenvalue weighted by Gasteiger charge is 2.19. The zero-order chi connectivity index (χ0) is 16.8. The Kier molecular flexibility index (Phi) is 5.59. The van der Waals surface area contributed by atoms with Crippen LogP contribution in [0.15, 0.2) is 48.8 Å². The summed E-state index contributed by atoms with van der Waals surface area (Å²) in [4.78, 5) is 6.39. The van der Waals surface area contributed by atoms with Crippen LogP contribution in [0.5, 0.6) is 5.75 Å². The van der Waals surface area contributed by atoms with Crippen LogP contribution in [0.25, 0.3) is 0 Å². The zero-order valence-electron chi connectivity index (χ0n) is 13.4. The molecule has 2 heterocycles. The summed E-state index contributed by atoms with van der Waals surface area (Å²) in [5.74, 6) is 0.196. The van der Waals surface area contributed by atoms with Crippen molar-refractivity contribution in [2.24, 2.45) is 0 Å². The number of alkyl halides is 2. The van der Waals surface area contributed by atoms with E-state index >= 15 is 0 Å². The molecule has 0 radical (unpaired) electrons. The largest absolute Gasteiger partial charge is 0.435 e. The fraction of sp³-hybridized carbons (Fsp3) is 0.389. The van der Waals surface area contributed by atoms with E-state index in [1.54, 1.807) is 18.3 Å². The standard InChI is InChI=1S/C18H21F2N3O/c19-18(20)24-17-5-3-16(4-6-17)23-10-7-15(8-11-23)22-13-14-2-1-9-21-12-14/h1-6,9,12,15,18,22H,7-8,10-11,13H2. The minimum Gasteiger partial charge on any atom is -0.435 e. The van der Waals surface area contributed by atoms with Crippen molar-refractivity contribution >= 4 is 5.69 Å². The van der Waals surface area contributed by atoms with Gasteiger partial charge in [-0.1, -0.05) is 6.07 Å². The van der Waals surface area contributed by atoms with Gasteiger partial charge in [0, 0.05) is 43.8 Å². The molecule has 0 amide bonds. The van der Waals surface area contributed by atoms with E-state index in [2.05, 4.69) is 26.0 Å². The minimum absolute atomic E-state index is 0.196. The van der Waals surface area contributed by atoms with Crippen LogP contribution in [0.2, 0.25) is 0 Å². The van der Waals surface area contributed by atoms with Crippen molar-refractivity contribution in [3.8, 4) is 5.75 Å². The lowest BCUT2D eigenvalue weighted by Gasteiger charge is -2.34. The number of nitrogens with one attached hydrogen (secondary N) is 1.